The van der Waals surface area contributed by atoms with Crippen LogP contribution < -0.4 is 9.47 Å². The first-order chi connectivity index (χ1) is 29.5. The highest BCUT2D eigenvalue weighted by Gasteiger charge is 2.53. The number of aromatic carboxylic acids is 1. The molecule has 3 aromatic rings. The number of hydrogen-bond donors (Lipinski definition) is 2. The van der Waals surface area contributed by atoms with Gasteiger partial charge in [0.15, 0.2) is 5.79 Å². The van der Waals surface area contributed by atoms with Crippen molar-refractivity contribution in [2.24, 2.45) is 29.1 Å². The molecule has 3 saturated heterocycles. The van der Waals surface area contributed by atoms with Crippen molar-refractivity contribution in [3.05, 3.63) is 75.0 Å². The molecular weight excluding hydrogens is 835 g/mol. The molecule has 340 valence electrons. The number of carbonyl (C=O) groups is 2. The van der Waals surface area contributed by atoms with Gasteiger partial charge in [-0.15, -0.1) is 11.3 Å². The minimum atomic E-state index is -4.02. The lowest BCUT2D eigenvalue weighted by atomic mass is 9.75. The highest BCUT2D eigenvalue weighted by molar-refractivity contribution is 7.89. The Morgan fingerprint density at radius 2 is 1.69 bits per heavy atom. The van der Waals surface area contributed by atoms with Gasteiger partial charge in [0.05, 0.1) is 62.4 Å². The van der Waals surface area contributed by atoms with Crippen LogP contribution in [0.3, 0.4) is 0 Å². The Morgan fingerprint density at radius 1 is 0.968 bits per heavy atom. The van der Waals surface area contributed by atoms with Crippen LogP contribution in [0.1, 0.15) is 97.5 Å². The maximum Gasteiger partial charge on any atom is 0.337 e. The molecule has 62 heavy (non-hydrogen) atoms. The first kappa shape index (κ1) is 46.4. The number of rotatable bonds is 18. The molecule has 7 rings (SSSR count). The van der Waals surface area contributed by atoms with E-state index in [4.69, 9.17) is 28.4 Å². The lowest BCUT2D eigenvalue weighted by Crippen LogP contribution is -2.43. The SMILES string of the molecule is COc1ccc(S(=O)(=O)N(CC(C)C)C[C@@H](O)[C@@H](CC(=O)O[C@H]2CO[C@@]3(C)OCC[C@@H]23)Cc2ccc(OC[C@@H]3COCC[C@@H]3c3sc4c(c3C(=O)O)CC(C)(C)CC4)cc2)cc1. The van der Waals surface area contributed by atoms with Gasteiger partial charge in [0, 0.05) is 47.2 Å². The van der Waals surface area contributed by atoms with E-state index in [0.29, 0.717) is 49.9 Å². The van der Waals surface area contributed by atoms with Crippen LogP contribution in [-0.2, 0) is 53.0 Å². The Labute approximate surface area is 370 Å². The predicted octanol–water partition coefficient (Wildman–Crippen LogP) is 7.12. The fourth-order valence-electron chi connectivity index (χ4n) is 9.59. The molecular formula is C47H63NO12S2. The van der Waals surface area contributed by atoms with Gasteiger partial charge in [-0.05, 0) is 104 Å². The van der Waals surface area contributed by atoms with Crippen LogP contribution in [0.2, 0.25) is 0 Å². The van der Waals surface area contributed by atoms with E-state index in [0.717, 1.165) is 41.7 Å². The highest BCUT2D eigenvalue weighted by Crippen LogP contribution is 2.47. The molecule has 4 aliphatic rings. The summed E-state index contributed by atoms with van der Waals surface area (Å²) in [5, 5.41) is 22.3. The predicted molar refractivity (Wildman–Crippen MR) is 233 cm³/mol. The number of aliphatic hydroxyl groups excluding tert-OH is 1. The lowest BCUT2D eigenvalue weighted by molar-refractivity contribution is -0.181. The van der Waals surface area contributed by atoms with E-state index in [2.05, 4.69) is 13.8 Å². The molecule has 0 unspecified atom stereocenters. The number of fused-ring (bicyclic) bond motifs is 2. The van der Waals surface area contributed by atoms with Crippen LogP contribution in [0, 0.1) is 29.1 Å². The maximum absolute atomic E-state index is 14.0. The number of benzene rings is 2. The molecule has 0 amide bonds. The summed E-state index contributed by atoms with van der Waals surface area (Å²) in [6.45, 7) is 12.1. The number of nitrogens with zero attached hydrogens (tertiary/aromatic N) is 1. The largest absolute Gasteiger partial charge is 0.497 e. The quantitative estimate of drug-likeness (QED) is 0.124. The van der Waals surface area contributed by atoms with Gasteiger partial charge in [0.1, 0.15) is 17.6 Å². The van der Waals surface area contributed by atoms with E-state index >= 15 is 0 Å². The number of ether oxygens (including phenoxy) is 6. The van der Waals surface area contributed by atoms with Crippen molar-refractivity contribution in [2.45, 2.75) is 108 Å². The molecule has 2 N–H and O–H groups in total. The topological polar surface area (TPSA) is 167 Å². The van der Waals surface area contributed by atoms with Crippen molar-refractivity contribution in [1.82, 2.24) is 4.31 Å². The molecule has 1 aromatic heterocycles. The lowest BCUT2D eigenvalue weighted by Gasteiger charge is -2.31. The van der Waals surface area contributed by atoms with Gasteiger partial charge >= 0.3 is 11.9 Å². The Kier molecular flexibility index (Phi) is 14.4. The summed E-state index contributed by atoms with van der Waals surface area (Å²) >= 11 is 1.66. The maximum atomic E-state index is 14.0. The summed E-state index contributed by atoms with van der Waals surface area (Å²) in [5.41, 5.74) is 2.36. The zero-order valence-corrected chi connectivity index (χ0v) is 38.4. The second-order valence-electron chi connectivity index (χ2n) is 18.8. The molecule has 3 fully saturated rings. The number of carboxylic acid groups (broad SMARTS) is 1. The van der Waals surface area contributed by atoms with Crippen LogP contribution in [0.4, 0.5) is 0 Å². The molecule has 0 radical (unpaired) electrons. The van der Waals surface area contributed by atoms with Crippen LogP contribution in [0.15, 0.2) is 53.4 Å². The van der Waals surface area contributed by atoms with E-state index < -0.39 is 45.9 Å². The zero-order chi connectivity index (χ0) is 44.4. The Morgan fingerprint density at radius 3 is 2.39 bits per heavy atom. The first-order valence-electron chi connectivity index (χ1n) is 21.9. The number of esters is 1. The third-order valence-electron chi connectivity index (χ3n) is 13.1. The number of aliphatic hydroxyl groups is 1. The number of hydrogen-bond acceptors (Lipinski definition) is 12. The molecule has 0 bridgehead atoms. The molecule has 2 aromatic carbocycles. The van der Waals surface area contributed by atoms with Crippen molar-refractivity contribution < 1.29 is 56.6 Å². The number of carboxylic acids is 1. The highest BCUT2D eigenvalue weighted by atomic mass is 32.2. The van der Waals surface area contributed by atoms with Gasteiger partial charge in [0.2, 0.25) is 10.0 Å². The minimum absolute atomic E-state index is 0.00405. The van der Waals surface area contributed by atoms with E-state index in [1.807, 2.05) is 45.0 Å². The number of sulfonamides is 1. The average molecular weight is 898 g/mol. The van der Waals surface area contributed by atoms with Gasteiger partial charge in [-0.2, -0.15) is 4.31 Å². The fraction of sp³-hybridized carbons (Fsp3) is 0.617. The van der Waals surface area contributed by atoms with E-state index in [1.165, 1.54) is 28.4 Å². The summed E-state index contributed by atoms with van der Waals surface area (Å²) in [6.07, 6.45) is 2.52. The van der Waals surface area contributed by atoms with Gasteiger partial charge < -0.3 is 38.6 Å². The number of methoxy groups -OCH3 is 1. The number of aryl methyl sites for hydroxylation is 1. The van der Waals surface area contributed by atoms with E-state index in [-0.39, 0.29) is 66.5 Å². The fourth-order valence-corrected chi connectivity index (χ4v) is 12.8. The molecule has 0 spiro atoms. The second-order valence-corrected chi connectivity index (χ2v) is 21.9. The molecule has 15 heteroatoms. The molecule has 7 atom stereocenters. The summed E-state index contributed by atoms with van der Waals surface area (Å²) < 4.78 is 64.5. The zero-order valence-electron chi connectivity index (χ0n) is 36.8. The van der Waals surface area contributed by atoms with Gasteiger partial charge in [-0.3, -0.25) is 4.79 Å². The van der Waals surface area contributed by atoms with Gasteiger partial charge in [-0.25, -0.2) is 13.2 Å². The minimum Gasteiger partial charge on any atom is -0.497 e. The Balaban J connectivity index is 1.06. The van der Waals surface area contributed by atoms with Crippen molar-refractivity contribution in [1.29, 1.82) is 0 Å². The molecule has 0 saturated carbocycles. The van der Waals surface area contributed by atoms with Gasteiger partial charge in [0.25, 0.3) is 0 Å². The first-order valence-corrected chi connectivity index (χ1v) is 24.2. The van der Waals surface area contributed by atoms with Crippen LogP contribution in [-0.4, -0.2) is 106 Å². The van der Waals surface area contributed by atoms with Gasteiger partial charge in [-0.1, -0.05) is 39.8 Å². The molecule has 3 aliphatic heterocycles. The molecule has 13 nitrogen and oxygen atoms in total. The number of carbonyl (C=O) groups excluding carboxylic acids is 1. The molecule has 4 heterocycles. The van der Waals surface area contributed by atoms with E-state index in [9.17, 15) is 28.2 Å². The summed E-state index contributed by atoms with van der Waals surface area (Å²) in [6, 6.07) is 13.6. The van der Waals surface area contributed by atoms with Crippen molar-refractivity contribution >= 4 is 33.3 Å². The normalized spacial score (nSPS) is 25.6. The van der Waals surface area contributed by atoms with Crippen LogP contribution >= 0.6 is 11.3 Å². The van der Waals surface area contributed by atoms with Crippen molar-refractivity contribution in [3.8, 4) is 11.5 Å². The smallest absolute Gasteiger partial charge is 0.337 e. The van der Waals surface area contributed by atoms with Crippen molar-refractivity contribution in [2.75, 3.05) is 53.2 Å². The van der Waals surface area contributed by atoms with Crippen LogP contribution in [0.25, 0.3) is 0 Å². The Bertz CT molecular complexity index is 2140. The van der Waals surface area contributed by atoms with E-state index in [1.54, 1.807) is 23.5 Å². The molecule has 1 aliphatic carbocycles. The Hall–Kier alpha value is -3.57. The second kappa shape index (κ2) is 19.3. The average Bonchev–Trinajstić information content (AvgIpc) is 3.90. The third kappa shape index (κ3) is 10.5. The standard InChI is InChI=1S/C47H63NO12S2/c1-29(2)24-48(62(53,54)35-13-11-33(55-6)12-14-35)25-39(49)31(22-42(50)60-40-28-59-47(5)38(40)17-20-58-47)21-30-7-9-34(10-8-30)57-27-32-26-56-19-16-36(32)44-43(45(51)52)37-23-46(3,4)18-15-41(37)61-44/h7-14,29,31-32,36,38-40,49H,15-28H2,1-6H3,(H,51,52)/t31-,32+,36+,38+,39-,40+,47-/m1/s1. The summed E-state index contributed by atoms with van der Waals surface area (Å²) in [7, 11) is -2.52. The van der Waals surface area contributed by atoms with Crippen LogP contribution in [0.5, 0.6) is 11.5 Å². The summed E-state index contributed by atoms with van der Waals surface area (Å²) in [5.74, 6) is -1.90. The monoisotopic (exact) mass is 897 g/mol. The number of thiophene rings is 1. The summed E-state index contributed by atoms with van der Waals surface area (Å²) in [4.78, 5) is 28.6. The van der Waals surface area contributed by atoms with Crippen molar-refractivity contribution in [3.63, 3.8) is 0 Å². The third-order valence-corrected chi connectivity index (χ3v) is 16.4.